The minimum absolute atomic E-state index is 0.101. The van der Waals surface area contributed by atoms with Crippen LogP contribution in [0.3, 0.4) is 0 Å². The Kier molecular flexibility index (Phi) is 2.86. The van der Waals surface area contributed by atoms with Crippen molar-refractivity contribution < 1.29 is 4.42 Å². The summed E-state index contributed by atoms with van der Waals surface area (Å²) in [5.41, 5.74) is 4.26. The summed E-state index contributed by atoms with van der Waals surface area (Å²) in [6.07, 6.45) is 2.33. The summed E-state index contributed by atoms with van der Waals surface area (Å²) in [7, 11) is 1.99. The molecule has 1 atom stereocenters. The summed E-state index contributed by atoms with van der Waals surface area (Å²) in [5, 5.41) is 6.22. The van der Waals surface area contributed by atoms with Gasteiger partial charge in [0.15, 0.2) is 0 Å². The summed E-state index contributed by atoms with van der Waals surface area (Å²) >= 11 is 0. The summed E-state index contributed by atoms with van der Waals surface area (Å²) in [4.78, 5) is 0. The van der Waals surface area contributed by atoms with Crippen LogP contribution < -0.4 is 5.32 Å². The van der Waals surface area contributed by atoms with E-state index < -0.39 is 0 Å². The van der Waals surface area contributed by atoms with Gasteiger partial charge in [0, 0.05) is 0 Å². The van der Waals surface area contributed by atoms with Gasteiger partial charge in [0.1, 0.15) is 11.5 Å². The minimum atomic E-state index is 0.101. The molecule has 1 aromatic heterocycles. The highest BCUT2D eigenvalue weighted by atomic mass is 16.3. The van der Waals surface area contributed by atoms with Crippen molar-refractivity contribution in [2.45, 2.75) is 25.8 Å². The topological polar surface area (TPSA) is 25.2 Å². The highest BCUT2D eigenvalue weighted by molar-refractivity contribution is 5.93. The predicted octanol–water partition coefficient (Wildman–Crippen LogP) is 4.15. The summed E-state index contributed by atoms with van der Waals surface area (Å²) in [5.74, 6) is 1.94. The molecule has 0 saturated carbocycles. The number of nitrogens with one attached hydrogen (secondary N) is 1. The van der Waals surface area contributed by atoms with Gasteiger partial charge in [0.25, 0.3) is 0 Å². The zero-order chi connectivity index (χ0) is 14.4. The van der Waals surface area contributed by atoms with Gasteiger partial charge < -0.3 is 9.73 Å². The van der Waals surface area contributed by atoms with Crippen molar-refractivity contribution in [2.75, 3.05) is 7.05 Å². The second-order valence-electron chi connectivity index (χ2n) is 5.82. The molecule has 1 unspecified atom stereocenters. The monoisotopic (exact) mass is 277 g/mol. The van der Waals surface area contributed by atoms with Gasteiger partial charge in [0.05, 0.1) is 6.04 Å². The van der Waals surface area contributed by atoms with Crippen molar-refractivity contribution in [3.63, 3.8) is 0 Å². The molecular weight excluding hydrogens is 258 g/mol. The number of hydrogen-bond acceptors (Lipinski definition) is 2. The Balaban J connectivity index is 1.94. The highest BCUT2D eigenvalue weighted by Crippen LogP contribution is 2.36. The van der Waals surface area contributed by atoms with Gasteiger partial charge in [-0.2, -0.15) is 0 Å². The molecule has 0 saturated heterocycles. The molecule has 4 rings (SSSR count). The van der Waals surface area contributed by atoms with Gasteiger partial charge in [-0.25, -0.2) is 0 Å². The number of rotatable bonds is 3. The van der Waals surface area contributed by atoms with Crippen LogP contribution >= 0.6 is 0 Å². The number of aryl methyl sites for hydroxylation is 3. The molecule has 106 valence electrons. The van der Waals surface area contributed by atoms with Crippen LogP contribution in [0.1, 0.15) is 34.3 Å². The van der Waals surface area contributed by atoms with E-state index in [1.807, 2.05) is 20.0 Å². The smallest absolute Gasteiger partial charge is 0.125 e. The zero-order valence-corrected chi connectivity index (χ0v) is 12.4. The van der Waals surface area contributed by atoms with E-state index in [1.165, 1.54) is 40.3 Å². The van der Waals surface area contributed by atoms with Gasteiger partial charge in [0.2, 0.25) is 0 Å². The summed E-state index contributed by atoms with van der Waals surface area (Å²) < 4.78 is 5.85. The SMILES string of the molecule is CNC(c1ccc(C)o1)c1ccc2c3c(cccc13)CC2. The van der Waals surface area contributed by atoms with Crippen LogP contribution in [0.4, 0.5) is 0 Å². The van der Waals surface area contributed by atoms with Crippen molar-refractivity contribution in [3.8, 4) is 0 Å². The zero-order valence-electron chi connectivity index (χ0n) is 12.4. The van der Waals surface area contributed by atoms with Crippen LogP contribution in [-0.2, 0) is 12.8 Å². The van der Waals surface area contributed by atoms with Crippen LogP contribution in [0.2, 0.25) is 0 Å². The average molecular weight is 277 g/mol. The van der Waals surface area contributed by atoms with Gasteiger partial charge >= 0.3 is 0 Å². The number of hydrogen-bond donors (Lipinski definition) is 1. The molecule has 0 amide bonds. The van der Waals surface area contributed by atoms with E-state index in [0.717, 1.165) is 11.5 Å². The molecule has 1 aliphatic carbocycles. The van der Waals surface area contributed by atoms with Crippen LogP contribution in [0.25, 0.3) is 10.8 Å². The number of furan rings is 1. The van der Waals surface area contributed by atoms with Crippen LogP contribution in [-0.4, -0.2) is 7.05 Å². The van der Waals surface area contributed by atoms with Crippen molar-refractivity contribution in [1.82, 2.24) is 5.32 Å². The molecule has 2 heteroatoms. The third-order valence-corrected chi connectivity index (χ3v) is 4.56. The van der Waals surface area contributed by atoms with E-state index in [4.69, 9.17) is 4.42 Å². The van der Waals surface area contributed by atoms with Gasteiger partial charge in [-0.3, -0.25) is 0 Å². The Morgan fingerprint density at radius 3 is 2.52 bits per heavy atom. The Bertz CT molecular complexity index is 805. The normalized spacial score (nSPS) is 14.8. The van der Waals surface area contributed by atoms with Crippen LogP contribution in [0.5, 0.6) is 0 Å². The Morgan fingerprint density at radius 2 is 1.81 bits per heavy atom. The molecule has 0 radical (unpaired) electrons. The Morgan fingerprint density at radius 1 is 1.00 bits per heavy atom. The van der Waals surface area contributed by atoms with Gasteiger partial charge in [-0.1, -0.05) is 30.3 Å². The first kappa shape index (κ1) is 12.7. The molecule has 2 aromatic carbocycles. The molecule has 0 fully saturated rings. The van der Waals surface area contributed by atoms with Gasteiger partial charge in [-0.15, -0.1) is 0 Å². The summed E-state index contributed by atoms with van der Waals surface area (Å²) in [6, 6.07) is 15.4. The van der Waals surface area contributed by atoms with E-state index in [-0.39, 0.29) is 6.04 Å². The maximum absolute atomic E-state index is 5.85. The largest absolute Gasteiger partial charge is 0.464 e. The molecule has 0 bridgehead atoms. The van der Waals surface area contributed by atoms with E-state index in [0.29, 0.717) is 0 Å². The Hall–Kier alpha value is -2.06. The second kappa shape index (κ2) is 4.74. The predicted molar refractivity (Wildman–Crippen MR) is 85.7 cm³/mol. The van der Waals surface area contributed by atoms with E-state index >= 15 is 0 Å². The van der Waals surface area contributed by atoms with Gasteiger partial charge in [-0.05, 0) is 66.4 Å². The third-order valence-electron chi connectivity index (χ3n) is 4.56. The maximum atomic E-state index is 5.85. The molecule has 3 aromatic rings. The molecule has 0 spiro atoms. The van der Waals surface area contributed by atoms with E-state index in [1.54, 1.807) is 0 Å². The lowest BCUT2D eigenvalue weighted by Gasteiger charge is -2.17. The first-order valence-corrected chi connectivity index (χ1v) is 7.55. The van der Waals surface area contributed by atoms with Crippen molar-refractivity contribution >= 4 is 10.8 Å². The fraction of sp³-hybridized carbons (Fsp3) is 0.263. The molecule has 1 aliphatic rings. The highest BCUT2D eigenvalue weighted by Gasteiger charge is 2.22. The molecule has 1 heterocycles. The van der Waals surface area contributed by atoms with E-state index in [2.05, 4.69) is 41.7 Å². The number of benzene rings is 2. The molecule has 1 N–H and O–H groups in total. The quantitative estimate of drug-likeness (QED) is 0.778. The van der Waals surface area contributed by atoms with Crippen molar-refractivity contribution in [3.05, 3.63) is 70.7 Å². The Labute approximate surface area is 124 Å². The fourth-order valence-electron chi connectivity index (χ4n) is 3.58. The lowest BCUT2D eigenvalue weighted by molar-refractivity contribution is 0.445. The standard InChI is InChI=1S/C19H19NO/c1-12-6-11-17(21-12)19(20-2)16-10-9-14-8-7-13-4-3-5-15(16)18(13)14/h3-6,9-11,19-20H,7-8H2,1-2H3. The summed E-state index contributed by atoms with van der Waals surface area (Å²) in [6.45, 7) is 1.99. The van der Waals surface area contributed by atoms with Crippen molar-refractivity contribution in [1.29, 1.82) is 0 Å². The van der Waals surface area contributed by atoms with Crippen LogP contribution in [0.15, 0.2) is 46.9 Å². The molecule has 0 aliphatic heterocycles. The minimum Gasteiger partial charge on any atom is -0.464 e. The average Bonchev–Trinajstić information content (AvgIpc) is 3.10. The van der Waals surface area contributed by atoms with E-state index in [9.17, 15) is 0 Å². The maximum Gasteiger partial charge on any atom is 0.125 e. The third kappa shape index (κ3) is 1.90. The fourth-order valence-corrected chi connectivity index (χ4v) is 3.58. The first-order valence-electron chi connectivity index (χ1n) is 7.55. The van der Waals surface area contributed by atoms with Crippen LogP contribution in [0, 0.1) is 6.92 Å². The second-order valence-corrected chi connectivity index (χ2v) is 5.82. The molecule has 2 nitrogen and oxygen atoms in total. The first-order chi connectivity index (χ1) is 10.3. The molecule has 21 heavy (non-hydrogen) atoms. The van der Waals surface area contributed by atoms with Crippen molar-refractivity contribution in [2.24, 2.45) is 0 Å². The lowest BCUT2D eigenvalue weighted by Crippen LogP contribution is -2.17. The molecular formula is C19H19NO. The lowest BCUT2D eigenvalue weighted by atomic mass is 9.94.